The molecule has 6 heteroatoms. The van der Waals surface area contributed by atoms with Crippen LogP contribution in [0.15, 0.2) is 60.8 Å². The van der Waals surface area contributed by atoms with Gasteiger partial charge in [0.2, 0.25) is 5.91 Å². The number of esters is 1. The van der Waals surface area contributed by atoms with E-state index in [4.69, 9.17) is 4.74 Å². The molecule has 0 aliphatic heterocycles. The first-order valence-electron chi connectivity index (χ1n) is 25.0. The number of carbonyl (C=O) groups excluding carboxylic acids is 2. The molecule has 0 saturated heterocycles. The van der Waals surface area contributed by atoms with Crippen LogP contribution in [-0.4, -0.2) is 46.9 Å². The third-order valence-corrected chi connectivity index (χ3v) is 11.1. The molecule has 0 saturated carbocycles. The van der Waals surface area contributed by atoms with Crippen molar-refractivity contribution in [2.24, 2.45) is 0 Å². The van der Waals surface area contributed by atoms with Crippen molar-refractivity contribution in [1.82, 2.24) is 5.32 Å². The number of nitrogens with one attached hydrogen (secondary N) is 1. The lowest BCUT2D eigenvalue weighted by atomic mass is 10.0. The molecule has 0 rings (SSSR count). The predicted octanol–water partition coefficient (Wildman–Crippen LogP) is 14.8. The zero-order valence-corrected chi connectivity index (χ0v) is 38.9. The minimum absolute atomic E-state index is 0.0357. The SMILES string of the molecule is CCCC/C=C\CCCCCCCC(=O)OC(CCC/C=C\C/C=C\C/C=C\C/C=C\CCCCC)CC(=O)NC(CO)C(O)CCCCCCCCCCCCCC. The molecular weight excluding hydrogens is 731 g/mol. The van der Waals surface area contributed by atoms with Crippen molar-refractivity contribution in [3.8, 4) is 0 Å². The second kappa shape index (κ2) is 46.6. The van der Waals surface area contributed by atoms with E-state index in [0.29, 0.717) is 19.3 Å². The van der Waals surface area contributed by atoms with Gasteiger partial charge in [0, 0.05) is 6.42 Å². The minimum Gasteiger partial charge on any atom is -0.462 e. The number of aliphatic hydroxyl groups excluding tert-OH is 2. The quantitative estimate of drug-likeness (QED) is 0.0323. The summed E-state index contributed by atoms with van der Waals surface area (Å²) in [4.78, 5) is 26.1. The molecule has 6 nitrogen and oxygen atoms in total. The Morgan fingerprint density at radius 2 is 0.898 bits per heavy atom. The van der Waals surface area contributed by atoms with Crippen LogP contribution in [0.4, 0.5) is 0 Å². The molecule has 0 heterocycles. The minimum atomic E-state index is -0.803. The van der Waals surface area contributed by atoms with Crippen LogP contribution in [0.5, 0.6) is 0 Å². The van der Waals surface area contributed by atoms with Crippen LogP contribution >= 0.6 is 0 Å². The highest BCUT2D eigenvalue weighted by Gasteiger charge is 2.24. The molecular formula is C53H95NO5. The first-order chi connectivity index (χ1) is 29.0. The van der Waals surface area contributed by atoms with E-state index in [2.05, 4.69) is 86.8 Å². The van der Waals surface area contributed by atoms with Crippen LogP contribution in [0.25, 0.3) is 0 Å². The van der Waals surface area contributed by atoms with E-state index in [1.165, 1.54) is 116 Å². The van der Waals surface area contributed by atoms with Gasteiger partial charge in [-0.25, -0.2) is 0 Å². The molecule has 0 fully saturated rings. The topological polar surface area (TPSA) is 95.9 Å². The van der Waals surface area contributed by atoms with E-state index < -0.39 is 18.2 Å². The lowest BCUT2D eigenvalue weighted by Crippen LogP contribution is -2.46. The largest absolute Gasteiger partial charge is 0.462 e. The van der Waals surface area contributed by atoms with E-state index in [0.717, 1.165) is 77.0 Å². The van der Waals surface area contributed by atoms with E-state index in [1.54, 1.807) is 0 Å². The van der Waals surface area contributed by atoms with Crippen LogP contribution in [0.2, 0.25) is 0 Å². The normalized spacial score (nSPS) is 13.8. The number of rotatable bonds is 44. The van der Waals surface area contributed by atoms with Gasteiger partial charge < -0.3 is 20.3 Å². The monoisotopic (exact) mass is 826 g/mol. The fourth-order valence-electron chi connectivity index (χ4n) is 7.22. The van der Waals surface area contributed by atoms with Crippen molar-refractivity contribution in [3.63, 3.8) is 0 Å². The average molecular weight is 826 g/mol. The number of ether oxygens (including phenoxy) is 1. The van der Waals surface area contributed by atoms with E-state index in [-0.39, 0.29) is 24.9 Å². The van der Waals surface area contributed by atoms with Gasteiger partial charge in [-0.2, -0.15) is 0 Å². The summed E-state index contributed by atoms with van der Waals surface area (Å²) in [5.74, 6) is -0.540. The van der Waals surface area contributed by atoms with Gasteiger partial charge in [0.15, 0.2) is 0 Å². The standard InChI is InChI=1S/C53H95NO5/c1-4-7-10-13-16-19-22-24-25-26-27-28-30-32-35-38-41-44-49(59-53(58)46-43-40-37-34-29-21-18-15-12-9-6-3)47-52(57)54-50(48-55)51(56)45-42-39-36-33-31-23-20-17-14-11-8-5-2/h15-16,18-19,24-25,27-28,32,35,49-51,55-56H,4-14,17,20-23,26,29-31,33-34,36-48H2,1-3H3,(H,54,57)/b18-15-,19-16-,25-24-,28-27-,35-32-. The van der Waals surface area contributed by atoms with Crippen LogP contribution in [-0.2, 0) is 14.3 Å². The van der Waals surface area contributed by atoms with Crippen molar-refractivity contribution in [1.29, 1.82) is 0 Å². The first kappa shape index (κ1) is 56.6. The molecule has 3 unspecified atom stereocenters. The number of allylic oxidation sites excluding steroid dienone is 10. The molecule has 0 spiro atoms. The third kappa shape index (κ3) is 42.1. The van der Waals surface area contributed by atoms with Crippen LogP contribution in [0, 0.1) is 0 Å². The second-order valence-corrected chi connectivity index (χ2v) is 16.9. The highest BCUT2D eigenvalue weighted by atomic mass is 16.5. The van der Waals surface area contributed by atoms with E-state index >= 15 is 0 Å². The van der Waals surface area contributed by atoms with E-state index in [1.807, 2.05) is 0 Å². The smallest absolute Gasteiger partial charge is 0.306 e. The summed E-state index contributed by atoms with van der Waals surface area (Å²) in [7, 11) is 0. The molecule has 0 aliphatic rings. The fraction of sp³-hybridized carbons (Fsp3) is 0.774. The molecule has 0 bridgehead atoms. The van der Waals surface area contributed by atoms with E-state index in [9.17, 15) is 19.8 Å². The summed E-state index contributed by atoms with van der Waals surface area (Å²) in [5, 5.41) is 23.7. The van der Waals surface area contributed by atoms with Gasteiger partial charge in [0.25, 0.3) is 0 Å². The van der Waals surface area contributed by atoms with Gasteiger partial charge in [-0.3, -0.25) is 9.59 Å². The molecule has 0 aromatic rings. The molecule has 0 radical (unpaired) electrons. The number of unbranched alkanes of at least 4 members (excludes halogenated alkanes) is 22. The van der Waals surface area contributed by atoms with Crippen molar-refractivity contribution < 1.29 is 24.5 Å². The van der Waals surface area contributed by atoms with Gasteiger partial charge in [-0.1, -0.05) is 204 Å². The zero-order chi connectivity index (χ0) is 43.1. The molecule has 342 valence electrons. The lowest BCUT2D eigenvalue weighted by molar-refractivity contribution is -0.151. The third-order valence-electron chi connectivity index (χ3n) is 11.1. The van der Waals surface area contributed by atoms with Crippen molar-refractivity contribution in [3.05, 3.63) is 60.8 Å². The Bertz CT molecular complexity index is 1060. The van der Waals surface area contributed by atoms with Gasteiger partial charge in [-0.05, 0) is 83.5 Å². The Morgan fingerprint density at radius 3 is 1.44 bits per heavy atom. The molecule has 3 atom stereocenters. The van der Waals surface area contributed by atoms with Gasteiger partial charge in [0.1, 0.15) is 6.10 Å². The van der Waals surface area contributed by atoms with Crippen molar-refractivity contribution in [2.75, 3.05) is 6.61 Å². The predicted molar refractivity (Wildman–Crippen MR) is 255 cm³/mol. The maximum Gasteiger partial charge on any atom is 0.306 e. The summed E-state index contributed by atoms with van der Waals surface area (Å²) in [6, 6.07) is -0.720. The fourth-order valence-corrected chi connectivity index (χ4v) is 7.22. The van der Waals surface area contributed by atoms with Gasteiger partial charge in [0.05, 0.1) is 25.2 Å². The Morgan fingerprint density at radius 1 is 0.492 bits per heavy atom. The number of hydrogen-bond donors (Lipinski definition) is 3. The maximum absolute atomic E-state index is 13.2. The molecule has 1 amide bonds. The van der Waals surface area contributed by atoms with Crippen molar-refractivity contribution in [2.45, 2.75) is 257 Å². The number of amides is 1. The maximum atomic E-state index is 13.2. The molecule has 0 aromatic heterocycles. The summed E-state index contributed by atoms with van der Waals surface area (Å²) in [6.07, 6.45) is 57.1. The summed E-state index contributed by atoms with van der Waals surface area (Å²) in [6.45, 7) is 6.39. The zero-order valence-electron chi connectivity index (χ0n) is 38.9. The molecule has 0 aliphatic carbocycles. The molecule has 59 heavy (non-hydrogen) atoms. The highest BCUT2D eigenvalue weighted by Crippen LogP contribution is 2.16. The lowest BCUT2D eigenvalue weighted by Gasteiger charge is -2.24. The van der Waals surface area contributed by atoms with Crippen LogP contribution in [0.1, 0.15) is 239 Å². The Kier molecular flexibility index (Phi) is 44.7. The summed E-state index contributed by atoms with van der Waals surface area (Å²) in [5.41, 5.74) is 0. The summed E-state index contributed by atoms with van der Waals surface area (Å²) >= 11 is 0. The molecule has 0 aromatic carbocycles. The van der Waals surface area contributed by atoms with Crippen LogP contribution < -0.4 is 5.32 Å². The first-order valence-corrected chi connectivity index (χ1v) is 25.0. The second-order valence-electron chi connectivity index (χ2n) is 16.9. The Labute approximate surface area is 365 Å². The number of hydrogen-bond acceptors (Lipinski definition) is 5. The highest BCUT2D eigenvalue weighted by molar-refractivity contribution is 5.77. The average Bonchev–Trinajstić information content (AvgIpc) is 3.23. The Balaban J connectivity index is 4.71. The van der Waals surface area contributed by atoms with Crippen LogP contribution in [0.3, 0.4) is 0 Å². The van der Waals surface area contributed by atoms with Gasteiger partial charge in [-0.15, -0.1) is 0 Å². The number of carbonyl (C=O) groups is 2. The van der Waals surface area contributed by atoms with Crippen molar-refractivity contribution >= 4 is 11.9 Å². The molecule has 3 N–H and O–H groups in total. The van der Waals surface area contributed by atoms with Gasteiger partial charge >= 0.3 is 5.97 Å². The Hall–Kier alpha value is -2.44. The summed E-state index contributed by atoms with van der Waals surface area (Å²) < 4.78 is 5.89. The number of aliphatic hydroxyl groups is 2.